The summed E-state index contributed by atoms with van der Waals surface area (Å²) in [5, 5.41) is 0. The Morgan fingerprint density at radius 3 is 2.50 bits per heavy atom. The Morgan fingerprint density at radius 2 is 2.10 bits per heavy atom. The molecule has 2 saturated carbocycles. The molecule has 2 nitrogen and oxygen atoms in total. The number of Topliss-reactive ketones (excluding diaryl/α,β-unsaturated/α-hetero) is 1. The minimum Gasteiger partial charge on any atom is -0.330 e. The van der Waals surface area contributed by atoms with Crippen molar-refractivity contribution in [3.8, 4) is 0 Å². The predicted molar refractivity (Wildman–Crippen MR) is 38.5 cm³/mol. The van der Waals surface area contributed by atoms with Crippen LogP contribution in [-0.2, 0) is 4.79 Å². The van der Waals surface area contributed by atoms with Crippen LogP contribution in [-0.4, -0.2) is 12.3 Å². The molecule has 2 aliphatic carbocycles. The van der Waals surface area contributed by atoms with Gasteiger partial charge in [0.25, 0.3) is 0 Å². The Kier molecular flexibility index (Phi) is 1.15. The molecular formula is C8H13NO. The first-order valence-electron chi connectivity index (χ1n) is 3.96. The first kappa shape index (κ1) is 6.35. The maximum absolute atomic E-state index is 10.7. The van der Waals surface area contributed by atoms with Crippen LogP contribution in [0.2, 0.25) is 0 Å². The average Bonchev–Trinajstić information content (AvgIpc) is 1.74. The van der Waals surface area contributed by atoms with E-state index >= 15 is 0 Å². The molecule has 0 aromatic heterocycles. The molecule has 2 aliphatic rings. The molecule has 0 radical (unpaired) electrons. The van der Waals surface area contributed by atoms with Crippen molar-refractivity contribution in [3.05, 3.63) is 0 Å². The second kappa shape index (κ2) is 1.82. The summed E-state index contributed by atoms with van der Waals surface area (Å²) in [7, 11) is 0. The Bertz CT molecular complexity index is 160. The summed E-state index contributed by atoms with van der Waals surface area (Å²) in [6.07, 6.45) is 4.14. The monoisotopic (exact) mass is 139 g/mol. The Hall–Kier alpha value is -0.370. The Morgan fingerprint density at radius 1 is 1.50 bits per heavy atom. The van der Waals surface area contributed by atoms with Gasteiger partial charge in [-0.1, -0.05) is 0 Å². The van der Waals surface area contributed by atoms with Crippen molar-refractivity contribution in [2.45, 2.75) is 25.7 Å². The number of nitrogens with two attached hydrogens (primary N) is 1. The normalized spacial score (nSPS) is 29.9. The molecule has 0 heterocycles. The van der Waals surface area contributed by atoms with E-state index in [1.807, 2.05) is 0 Å². The second-order valence-electron chi connectivity index (χ2n) is 3.90. The lowest BCUT2D eigenvalue weighted by molar-refractivity contribution is -0.141. The number of rotatable bonds is 1. The van der Waals surface area contributed by atoms with Crippen LogP contribution in [0.25, 0.3) is 0 Å². The summed E-state index contributed by atoms with van der Waals surface area (Å²) in [6.45, 7) is 0.815. The van der Waals surface area contributed by atoms with Crippen molar-refractivity contribution in [1.82, 2.24) is 0 Å². The fourth-order valence-corrected chi connectivity index (χ4v) is 2.41. The SMILES string of the molecule is NCC1CC2(CC(=O)C2)C1. The van der Waals surface area contributed by atoms with Gasteiger partial charge in [-0.3, -0.25) is 4.79 Å². The third-order valence-corrected chi connectivity index (χ3v) is 2.92. The van der Waals surface area contributed by atoms with Gasteiger partial charge < -0.3 is 5.73 Å². The number of ketones is 1. The maximum atomic E-state index is 10.7. The summed E-state index contributed by atoms with van der Waals surface area (Å²) in [5.74, 6) is 1.18. The van der Waals surface area contributed by atoms with Gasteiger partial charge in [-0.25, -0.2) is 0 Å². The molecule has 0 amide bonds. The van der Waals surface area contributed by atoms with Crippen LogP contribution in [0.1, 0.15) is 25.7 Å². The van der Waals surface area contributed by atoms with Gasteiger partial charge in [0.1, 0.15) is 5.78 Å². The zero-order valence-electron chi connectivity index (χ0n) is 6.10. The van der Waals surface area contributed by atoms with Crippen LogP contribution in [0.15, 0.2) is 0 Å². The molecule has 0 aromatic rings. The fraction of sp³-hybridized carbons (Fsp3) is 0.875. The summed E-state index contributed by atoms with van der Waals surface area (Å²) < 4.78 is 0. The lowest BCUT2D eigenvalue weighted by Crippen LogP contribution is -2.49. The average molecular weight is 139 g/mol. The van der Waals surface area contributed by atoms with Crippen LogP contribution in [0.5, 0.6) is 0 Å². The van der Waals surface area contributed by atoms with Crippen molar-refractivity contribution in [2.24, 2.45) is 17.1 Å². The number of hydrogen-bond donors (Lipinski definition) is 1. The molecule has 0 saturated heterocycles. The standard InChI is InChI=1S/C8H13NO/c9-5-6-1-8(2-6)3-7(10)4-8/h6H,1-5,9H2. The molecule has 0 aromatic carbocycles. The first-order valence-corrected chi connectivity index (χ1v) is 3.96. The third kappa shape index (κ3) is 0.717. The highest BCUT2D eigenvalue weighted by Crippen LogP contribution is 2.56. The molecule has 2 fully saturated rings. The van der Waals surface area contributed by atoms with Crippen LogP contribution >= 0.6 is 0 Å². The zero-order chi connectivity index (χ0) is 7.19. The molecular weight excluding hydrogens is 126 g/mol. The summed E-state index contributed by atoms with van der Waals surface area (Å²) in [5.41, 5.74) is 5.94. The van der Waals surface area contributed by atoms with Gasteiger partial charge in [0, 0.05) is 12.8 Å². The van der Waals surface area contributed by atoms with E-state index in [2.05, 4.69) is 0 Å². The van der Waals surface area contributed by atoms with Gasteiger partial charge in [0.2, 0.25) is 0 Å². The molecule has 10 heavy (non-hydrogen) atoms. The molecule has 2 N–H and O–H groups in total. The van der Waals surface area contributed by atoms with Crippen LogP contribution in [0.4, 0.5) is 0 Å². The smallest absolute Gasteiger partial charge is 0.134 e. The molecule has 2 rings (SSSR count). The van der Waals surface area contributed by atoms with Gasteiger partial charge in [0.15, 0.2) is 0 Å². The van der Waals surface area contributed by atoms with E-state index in [4.69, 9.17) is 5.73 Å². The largest absolute Gasteiger partial charge is 0.330 e. The van der Waals surface area contributed by atoms with Gasteiger partial charge in [-0.15, -0.1) is 0 Å². The van der Waals surface area contributed by atoms with Gasteiger partial charge in [-0.05, 0) is 30.7 Å². The molecule has 1 spiro atoms. The highest BCUT2D eigenvalue weighted by atomic mass is 16.1. The minimum atomic E-state index is 0.454. The maximum Gasteiger partial charge on any atom is 0.134 e. The van der Waals surface area contributed by atoms with E-state index in [1.54, 1.807) is 0 Å². The number of carbonyl (C=O) groups is 1. The molecule has 56 valence electrons. The van der Waals surface area contributed by atoms with Crippen molar-refractivity contribution in [3.63, 3.8) is 0 Å². The van der Waals surface area contributed by atoms with E-state index in [1.165, 1.54) is 12.8 Å². The topological polar surface area (TPSA) is 43.1 Å². The summed E-state index contributed by atoms with van der Waals surface area (Å²) in [4.78, 5) is 10.7. The van der Waals surface area contributed by atoms with Crippen LogP contribution in [0, 0.1) is 11.3 Å². The highest BCUT2D eigenvalue weighted by Gasteiger charge is 2.51. The van der Waals surface area contributed by atoms with Gasteiger partial charge >= 0.3 is 0 Å². The van der Waals surface area contributed by atoms with Crippen molar-refractivity contribution in [2.75, 3.05) is 6.54 Å². The van der Waals surface area contributed by atoms with E-state index in [0.29, 0.717) is 11.2 Å². The van der Waals surface area contributed by atoms with Crippen molar-refractivity contribution < 1.29 is 4.79 Å². The molecule has 0 unspecified atom stereocenters. The lowest BCUT2D eigenvalue weighted by atomic mass is 9.51. The molecule has 0 bridgehead atoms. The first-order chi connectivity index (χ1) is 4.74. The third-order valence-electron chi connectivity index (χ3n) is 2.92. The van der Waals surface area contributed by atoms with Crippen molar-refractivity contribution >= 4 is 5.78 Å². The van der Waals surface area contributed by atoms with E-state index in [0.717, 1.165) is 25.3 Å². The Labute approximate surface area is 60.8 Å². The minimum absolute atomic E-state index is 0.454. The number of hydrogen-bond acceptors (Lipinski definition) is 2. The molecule has 2 heteroatoms. The van der Waals surface area contributed by atoms with Gasteiger partial charge in [0.05, 0.1) is 0 Å². The quantitative estimate of drug-likeness (QED) is 0.581. The van der Waals surface area contributed by atoms with E-state index < -0.39 is 0 Å². The van der Waals surface area contributed by atoms with Crippen LogP contribution in [0.3, 0.4) is 0 Å². The van der Waals surface area contributed by atoms with Gasteiger partial charge in [-0.2, -0.15) is 0 Å². The van der Waals surface area contributed by atoms with E-state index in [-0.39, 0.29) is 0 Å². The summed E-state index contributed by atoms with van der Waals surface area (Å²) >= 11 is 0. The zero-order valence-corrected chi connectivity index (χ0v) is 6.10. The molecule has 0 aliphatic heterocycles. The van der Waals surface area contributed by atoms with E-state index in [9.17, 15) is 4.79 Å². The fourth-order valence-electron chi connectivity index (χ4n) is 2.41. The predicted octanol–water partition coefficient (Wildman–Crippen LogP) is 0.704. The Balaban J connectivity index is 1.85. The van der Waals surface area contributed by atoms with Crippen LogP contribution < -0.4 is 5.73 Å². The van der Waals surface area contributed by atoms with Crippen molar-refractivity contribution in [1.29, 1.82) is 0 Å². The highest BCUT2D eigenvalue weighted by molar-refractivity contribution is 5.86. The lowest BCUT2D eigenvalue weighted by Gasteiger charge is -2.52. The molecule has 0 atom stereocenters. The number of carbonyl (C=O) groups excluding carboxylic acids is 1. The second-order valence-corrected chi connectivity index (χ2v) is 3.90. The summed E-state index contributed by atoms with van der Waals surface area (Å²) in [6, 6.07) is 0.